The highest BCUT2D eigenvalue weighted by Gasteiger charge is 2.11. The van der Waals surface area contributed by atoms with Gasteiger partial charge in [-0.05, 0) is 18.1 Å². The monoisotopic (exact) mass is 287 g/mol. The largest absolute Gasteiger partial charge is 0.481 e. The Morgan fingerprint density at radius 1 is 1.33 bits per heavy atom. The number of carboxylic acid groups (broad SMARTS) is 1. The Morgan fingerprint density at radius 2 is 2.10 bits per heavy atom. The maximum Gasteiger partial charge on any atom is 0.305 e. The lowest BCUT2D eigenvalue weighted by Gasteiger charge is -2.08. The summed E-state index contributed by atoms with van der Waals surface area (Å²) in [5.41, 5.74) is 2.25. The van der Waals surface area contributed by atoms with E-state index in [-0.39, 0.29) is 18.9 Å². The first-order valence-electron chi connectivity index (χ1n) is 6.73. The van der Waals surface area contributed by atoms with Crippen molar-refractivity contribution in [2.75, 3.05) is 5.32 Å². The molecule has 0 unspecified atom stereocenters. The van der Waals surface area contributed by atoms with Crippen molar-refractivity contribution in [3.63, 3.8) is 0 Å². The van der Waals surface area contributed by atoms with Gasteiger partial charge in [-0.3, -0.25) is 14.3 Å². The Hall–Kier alpha value is -2.63. The molecule has 0 spiro atoms. The molecule has 0 aliphatic carbocycles. The van der Waals surface area contributed by atoms with Crippen LogP contribution in [0.2, 0.25) is 0 Å². The number of hydrogen-bond acceptors (Lipinski definition) is 3. The minimum atomic E-state index is -0.895. The summed E-state index contributed by atoms with van der Waals surface area (Å²) in [5.74, 6) is -1.15. The van der Waals surface area contributed by atoms with E-state index in [1.165, 1.54) is 10.9 Å². The maximum atomic E-state index is 12.2. The molecule has 6 heteroatoms. The highest BCUT2D eigenvalue weighted by Crippen LogP contribution is 2.16. The van der Waals surface area contributed by atoms with Gasteiger partial charge < -0.3 is 10.4 Å². The van der Waals surface area contributed by atoms with Crippen LogP contribution in [0.25, 0.3) is 0 Å². The number of carboxylic acids is 1. The average molecular weight is 287 g/mol. The van der Waals surface area contributed by atoms with Gasteiger partial charge >= 0.3 is 5.97 Å². The number of nitrogens with one attached hydrogen (secondary N) is 1. The molecule has 110 valence electrons. The zero-order valence-electron chi connectivity index (χ0n) is 11.7. The van der Waals surface area contributed by atoms with Crippen molar-refractivity contribution < 1.29 is 14.7 Å². The third-order valence-electron chi connectivity index (χ3n) is 3.10. The van der Waals surface area contributed by atoms with Crippen molar-refractivity contribution in [3.8, 4) is 0 Å². The first kappa shape index (κ1) is 14.8. The maximum absolute atomic E-state index is 12.2. The number of nitrogens with zero attached hydrogens (tertiary/aromatic N) is 2. The number of para-hydroxylation sites is 1. The predicted octanol–water partition coefficient (Wildman–Crippen LogP) is 2.17. The first-order chi connectivity index (χ1) is 10.1. The number of carbonyl (C=O) groups is 2. The molecule has 0 aliphatic rings. The summed E-state index contributed by atoms with van der Waals surface area (Å²) < 4.78 is 1.45. The number of hydrogen-bond donors (Lipinski definition) is 2. The molecule has 0 saturated carbocycles. The molecule has 1 heterocycles. The lowest BCUT2D eigenvalue weighted by molar-refractivity contribution is -0.137. The van der Waals surface area contributed by atoms with Crippen molar-refractivity contribution in [1.29, 1.82) is 0 Å². The Kier molecular flexibility index (Phi) is 4.71. The van der Waals surface area contributed by atoms with Gasteiger partial charge in [0.15, 0.2) is 0 Å². The summed E-state index contributed by atoms with van der Waals surface area (Å²) in [6.07, 6.45) is 3.79. The molecule has 0 atom stereocenters. The van der Waals surface area contributed by atoms with Crippen LogP contribution < -0.4 is 5.32 Å². The fourth-order valence-corrected chi connectivity index (χ4v) is 1.96. The quantitative estimate of drug-likeness (QED) is 0.852. The Balaban J connectivity index is 2.05. The number of carbonyl (C=O) groups excluding carboxylic acids is 1. The van der Waals surface area contributed by atoms with Crippen LogP contribution in [-0.2, 0) is 17.8 Å². The van der Waals surface area contributed by atoms with Crippen LogP contribution in [-0.4, -0.2) is 26.8 Å². The van der Waals surface area contributed by atoms with E-state index >= 15 is 0 Å². The van der Waals surface area contributed by atoms with E-state index in [9.17, 15) is 9.59 Å². The SMILES string of the molecule is CCc1ccccc1NC(=O)c1cnn(CCC(=O)O)c1. The average Bonchev–Trinajstić information content (AvgIpc) is 2.94. The van der Waals surface area contributed by atoms with Gasteiger partial charge in [-0.15, -0.1) is 0 Å². The molecule has 2 aromatic rings. The second-order valence-corrected chi connectivity index (χ2v) is 4.60. The van der Waals surface area contributed by atoms with Crippen LogP contribution in [0, 0.1) is 0 Å². The van der Waals surface area contributed by atoms with Crippen molar-refractivity contribution >= 4 is 17.6 Å². The number of aryl methyl sites for hydroxylation is 2. The molecule has 2 N–H and O–H groups in total. The molecule has 1 aromatic heterocycles. The van der Waals surface area contributed by atoms with Gasteiger partial charge in [-0.25, -0.2) is 0 Å². The molecule has 0 aliphatic heterocycles. The molecular formula is C15H17N3O3. The molecule has 1 aromatic carbocycles. The number of benzene rings is 1. The molecule has 21 heavy (non-hydrogen) atoms. The van der Waals surface area contributed by atoms with Crippen molar-refractivity contribution in [1.82, 2.24) is 9.78 Å². The smallest absolute Gasteiger partial charge is 0.305 e. The van der Waals surface area contributed by atoms with Crippen LogP contribution in [0.3, 0.4) is 0 Å². The van der Waals surface area contributed by atoms with Crippen LogP contribution in [0.5, 0.6) is 0 Å². The lowest BCUT2D eigenvalue weighted by Crippen LogP contribution is -2.12. The summed E-state index contributed by atoms with van der Waals surface area (Å²) in [7, 11) is 0. The standard InChI is InChI=1S/C15H17N3O3/c1-2-11-5-3-4-6-13(11)17-15(21)12-9-16-18(10-12)8-7-14(19)20/h3-6,9-10H,2,7-8H2,1H3,(H,17,21)(H,19,20). The second-order valence-electron chi connectivity index (χ2n) is 4.60. The third kappa shape index (κ3) is 3.92. The molecule has 0 saturated heterocycles. The van der Waals surface area contributed by atoms with E-state index in [4.69, 9.17) is 5.11 Å². The molecule has 0 bridgehead atoms. The van der Waals surface area contributed by atoms with Gasteiger partial charge in [0.05, 0.1) is 24.7 Å². The predicted molar refractivity (Wildman–Crippen MR) is 78.3 cm³/mol. The van der Waals surface area contributed by atoms with Gasteiger partial charge in [0.2, 0.25) is 0 Å². The minimum Gasteiger partial charge on any atom is -0.481 e. The highest BCUT2D eigenvalue weighted by atomic mass is 16.4. The summed E-state index contributed by atoms with van der Waals surface area (Å²) in [4.78, 5) is 22.7. The van der Waals surface area contributed by atoms with E-state index in [2.05, 4.69) is 10.4 Å². The number of rotatable bonds is 6. The van der Waals surface area contributed by atoms with Crippen LogP contribution >= 0.6 is 0 Å². The van der Waals surface area contributed by atoms with Gasteiger partial charge in [-0.2, -0.15) is 5.10 Å². The van der Waals surface area contributed by atoms with E-state index in [0.717, 1.165) is 17.7 Å². The van der Waals surface area contributed by atoms with Crippen LogP contribution in [0.4, 0.5) is 5.69 Å². The van der Waals surface area contributed by atoms with Gasteiger partial charge in [-0.1, -0.05) is 25.1 Å². The fraction of sp³-hybridized carbons (Fsp3) is 0.267. The Morgan fingerprint density at radius 3 is 2.81 bits per heavy atom. The van der Waals surface area contributed by atoms with E-state index < -0.39 is 5.97 Å². The first-order valence-corrected chi connectivity index (χ1v) is 6.73. The molecular weight excluding hydrogens is 270 g/mol. The second kappa shape index (κ2) is 6.69. The molecule has 6 nitrogen and oxygen atoms in total. The van der Waals surface area contributed by atoms with Crippen molar-refractivity contribution in [2.24, 2.45) is 0 Å². The summed E-state index contributed by atoms with van der Waals surface area (Å²) >= 11 is 0. The van der Waals surface area contributed by atoms with Crippen molar-refractivity contribution in [2.45, 2.75) is 26.3 Å². The fourth-order valence-electron chi connectivity index (χ4n) is 1.96. The zero-order chi connectivity index (χ0) is 15.2. The minimum absolute atomic E-state index is 0.0264. The van der Waals surface area contributed by atoms with Gasteiger partial charge in [0.25, 0.3) is 5.91 Å². The Labute approximate surface area is 122 Å². The number of amides is 1. The normalized spacial score (nSPS) is 10.3. The summed E-state index contributed by atoms with van der Waals surface area (Å²) in [6.45, 7) is 2.27. The van der Waals surface area contributed by atoms with E-state index in [0.29, 0.717) is 5.56 Å². The van der Waals surface area contributed by atoms with Crippen molar-refractivity contribution in [3.05, 3.63) is 47.8 Å². The topological polar surface area (TPSA) is 84.2 Å². The molecule has 0 fully saturated rings. The summed E-state index contributed by atoms with van der Waals surface area (Å²) in [5, 5.41) is 15.5. The van der Waals surface area contributed by atoms with Gasteiger partial charge in [0, 0.05) is 11.9 Å². The third-order valence-corrected chi connectivity index (χ3v) is 3.10. The molecule has 2 rings (SSSR count). The number of aliphatic carboxylic acids is 1. The Bertz CT molecular complexity index is 649. The zero-order valence-corrected chi connectivity index (χ0v) is 11.7. The van der Waals surface area contributed by atoms with Gasteiger partial charge in [0.1, 0.15) is 0 Å². The van der Waals surface area contributed by atoms with Crippen LogP contribution in [0.1, 0.15) is 29.3 Å². The summed E-state index contributed by atoms with van der Waals surface area (Å²) in [6, 6.07) is 7.61. The molecule has 1 amide bonds. The van der Waals surface area contributed by atoms with E-state index in [1.54, 1.807) is 6.20 Å². The van der Waals surface area contributed by atoms with E-state index in [1.807, 2.05) is 31.2 Å². The number of anilines is 1. The molecule has 0 radical (unpaired) electrons. The number of aromatic nitrogens is 2. The highest BCUT2D eigenvalue weighted by molar-refractivity contribution is 6.04. The lowest BCUT2D eigenvalue weighted by atomic mass is 10.1. The van der Waals surface area contributed by atoms with Crippen LogP contribution in [0.15, 0.2) is 36.7 Å².